The Balaban J connectivity index is 0.00000363. The fraction of sp³-hybridized carbons (Fsp3) is 0.435. The largest absolute Gasteiger partial charge is 0.497 e. The number of halogens is 1. The zero-order chi connectivity index (χ0) is 22.1. The first-order valence-corrected chi connectivity index (χ1v) is 12.2. The van der Waals surface area contributed by atoms with Crippen LogP contribution < -0.4 is 15.4 Å². The minimum Gasteiger partial charge on any atom is -0.497 e. The van der Waals surface area contributed by atoms with Gasteiger partial charge in [-0.05, 0) is 55.2 Å². The van der Waals surface area contributed by atoms with Crippen molar-refractivity contribution in [2.24, 2.45) is 4.99 Å². The van der Waals surface area contributed by atoms with E-state index in [0.717, 1.165) is 42.7 Å². The van der Waals surface area contributed by atoms with Gasteiger partial charge in [0.1, 0.15) is 5.75 Å². The number of ether oxygens (including phenoxy) is 1. The summed E-state index contributed by atoms with van der Waals surface area (Å²) < 4.78 is 32.3. The van der Waals surface area contributed by atoms with Gasteiger partial charge in [0.2, 0.25) is 10.0 Å². The van der Waals surface area contributed by atoms with Gasteiger partial charge < -0.3 is 15.4 Å². The predicted octanol–water partition coefficient (Wildman–Crippen LogP) is 3.74. The van der Waals surface area contributed by atoms with Crippen LogP contribution in [0.3, 0.4) is 0 Å². The lowest BCUT2D eigenvalue weighted by Gasteiger charge is -2.25. The van der Waals surface area contributed by atoms with Crippen LogP contribution in [0.4, 0.5) is 0 Å². The van der Waals surface area contributed by atoms with Crippen molar-refractivity contribution in [3.8, 4) is 5.75 Å². The molecular formula is C23H33IN4O3S. The lowest BCUT2D eigenvalue weighted by Crippen LogP contribution is -2.37. The van der Waals surface area contributed by atoms with E-state index in [-0.39, 0.29) is 24.0 Å². The summed E-state index contributed by atoms with van der Waals surface area (Å²) in [6.07, 6.45) is 2.97. The topological polar surface area (TPSA) is 83.0 Å². The molecule has 2 aromatic carbocycles. The molecule has 1 aliphatic rings. The van der Waals surface area contributed by atoms with Gasteiger partial charge in [0.05, 0.1) is 18.6 Å². The number of methoxy groups -OCH3 is 1. The molecule has 1 fully saturated rings. The van der Waals surface area contributed by atoms with Crippen LogP contribution in [0.5, 0.6) is 5.75 Å². The van der Waals surface area contributed by atoms with Gasteiger partial charge >= 0.3 is 0 Å². The van der Waals surface area contributed by atoms with E-state index in [1.807, 2.05) is 43.3 Å². The van der Waals surface area contributed by atoms with Crippen LogP contribution in [0, 0.1) is 0 Å². The van der Waals surface area contributed by atoms with Gasteiger partial charge in [-0.3, -0.25) is 0 Å². The summed E-state index contributed by atoms with van der Waals surface area (Å²) in [5.74, 6) is 1.53. The maximum atomic E-state index is 12.8. The van der Waals surface area contributed by atoms with E-state index in [4.69, 9.17) is 4.74 Å². The van der Waals surface area contributed by atoms with E-state index in [0.29, 0.717) is 37.0 Å². The summed E-state index contributed by atoms with van der Waals surface area (Å²) in [6.45, 7) is 5.10. The summed E-state index contributed by atoms with van der Waals surface area (Å²) >= 11 is 0. The number of piperidine rings is 1. The number of nitrogens with zero attached hydrogens (tertiary/aromatic N) is 2. The van der Waals surface area contributed by atoms with Crippen LogP contribution >= 0.6 is 24.0 Å². The third-order valence-electron chi connectivity index (χ3n) is 5.26. The van der Waals surface area contributed by atoms with Gasteiger partial charge in [0.25, 0.3) is 0 Å². The molecule has 9 heteroatoms. The molecule has 7 nitrogen and oxygen atoms in total. The van der Waals surface area contributed by atoms with Gasteiger partial charge in [-0.25, -0.2) is 13.4 Å². The first-order valence-electron chi connectivity index (χ1n) is 10.8. The van der Waals surface area contributed by atoms with E-state index in [1.54, 1.807) is 23.5 Å². The molecule has 0 radical (unpaired) electrons. The number of aliphatic imine (C=N–C) groups is 1. The molecule has 0 aromatic heterocycles. The highest BCUT2D eigenvalue weighted by molar-refractivity contribution is 14.0. The average Bonchev–Trinajstić information content (AvgIpc) is 2.82. The Morgan fingerprint density at radius 3 is 2.19 bits per heavy atom. The van der Waals surface area contributed by atoms with Gasteiger partial charge in [0, 0.05) is 26.2 Å². The first kappa shape index (κ1) is 26.4. The molecule has 2 N–H and O–H groups in total. The molecule has 1 aliphatic heterocycles. The lowest BCUT2D eigenvalue weighted by atomic mass is 10.2. The number of hydrogen-bond acceptors (Lipinski definition) is 4. The van der Waals surface area contributed by atoms with Crippen LogP contribution in [-0.2, 0) is 23.1 Å². The van der Waals surface area contributed by atoms with Crippen LogP contribution in [-0.4, -0.2) is 45.4 Å². The quantitative estimate of drug-likeness (QED) is 0.286. The monoisotopic (exact) mass is 572 g/mol. The number of sulfonamides is 1. The van der Waals surface area contributed by atoms with Crippen molar-refractivity contribution in [2.45, 2.75) is 44.2 Å². The zero-order valence-corrected chi connectivity index (χ0v) is 21.9. The minimum atomic E-state index is -3.40. The number of nitrogens with one attached hydrogen (secondary N) is 2. The highest BCUT2D eigenvalue weighted by atomic mass is 127. The molecule has 0 bridgehead atoms. The highest BCUT2D eigenvalue weighted by Gasteiger charge is 2.25. The third-order valence-corrected chi connectivity index (χ3v) is 7.17. The molecule has 0 unspecified atom stereocenters. The molecule has 0 amide bonds. The van der Waals surface area contributed by atoms with Crippen molar-refractivity contribution in [2.75, 3.05) is 26.7 Å². The maximum absolute atomic E-state index is 12.8. The number of guanidine groups is 1. The summed E-state index contributed by atoms with van der Waals surface area (Å²) in [5.41, 5.74) is 2.08. The summed E-state index contributed by atoms with van der Waals surface area (Å²) in [4.78, 5) is 4.98. The standard InChI is InChI=1S/C23H32N4O3S.HI/c1-3-24-23(25-17-19-7-11-21(30-2)12-8-19)26-18-20-9-13-22(14-10-20)31(28,29)27-15-5-4-6-16-27;/h7-14H,3-6,15-18H2,1-2H3,(H2,24,25,26);1H. The Morgan fingerprint density at radius 1 is 0.969 bits per heavy atom. The Kier molecular flexibility index (Phi) is 10.7. The van der Waals surface area contributed by atoms with Crippen molar-refractivity contribution in [1.82, 2.24) is 14.9 Å². The molecule has 3 rings (SSSR count). The number of rotatable bonds is 8. The second kappa shape index (κ2) is 13.0. The van der Waals surface area contributed by atoms with Crippen molar-refractivity contribution in [3.63, 3.8) is 0 Å². The zero-order valence-electron chi connectivity index (χ0n) is 18.7. The van der Waals surface area contributed by atoms with E-state index in [2.05, 4.69) is 15.6 Å². The Bertz CT molecular complexity index is 958. The van der Waals surface area contributed by atoms with Crippen molar-refractivity contribution < 1.29 is 13.2 Å². The molecule has 32 heavy (non-hydrogen) atoms. The second-order valence-electron chi connectivity index (χ2n) is 7.51. The minimum absolute atomic E-state index is 0. The molecule has 0 aliphatic carbocycles. The predicted molar refractivity (Wildman–Crippen MR) is 139 cm³/mol. The van der Waals surface area contributed by atoms with E-state index >= 15 is 0 Å². The molecule has 0 atom stereocenters. The lowest BCUT2D eigenvalue weighted by molar-refractivity contribution is 0.346. The molecule has 0 spiro atoms. The van der Waals surface area contributed by atoms with E-state index < -0.39 is 10.0 Å². The Morgan fingerprint density at radius 2 is 1.59 bits per heavy atom. The van der Waals surface area contributed by atoms with Crippen LogP contribution in [0.1, 0.15) is 37.3 Å². The van der Waals surface area contributed by atoms with Crippen molar-refractivity contribution in [1.29, 1.82) is 0 Å². The molecule has 176 valence electrons. The van der Waals surface area contributed by atoms with Crippen molar-refractivity contribution in [3.05, 3.63) is 59.7 Å². The van der Waals surface area contributed by atoms with E-state index in [1.165, 1.54) is 0 Å². The van der Waals surface area contributed by atoms with Gasteiger partial charge in [0.15, 0.2) is 5.96 Å². The normalized spacial score (nSPS) is 15.0. The highest BCUT2D eigenvalue weighted by Crippen LogP contribution is 2.20. The van der Waals surface area contributed by atoms with Crippen LogP contribution in [0.25, 0.3) is 0 Å². The Hall–Kier alpha value is -1.85. The maximum Gasteiger partial charge on any atom is 0.243 e. The number of hydrogen-bond donors (Lipinski definition) is 2. The fourth-order valence-corrected chi connectivity index (χ4v) is 4.98. The van der Waals surface area contributed by atoms with Crippen LogP contribution in [0.2, 0.25) is 0 Å². The van der Waals surface area contributed by atoms with Crippen molar-refractivity contribution >= 4 is 40.0 Å². The van der Waals surface area contributed by atoms with Crippen LogP contribution in [0.15, 0.2) is 58.4 Å². The molecule has 1 saturated heterocycles. The summed E-state index contributed by atoms with van der Waals surface area (Å²) in [6, 6.07) is 14.9. The number of benzene rings is 2. The third kappa shape index (κ3) is 7.35. The second-order valence-corrected chi connectivity index (χ2v) is 9.44. The smallest absolute Gasteiger partial charge is 0.243 e. The van der Waals surface area contributed by atoms with Gasteiger partial charge in [-0.1, -0.05) is 30.7 Å². The summed E-state index contributed by atoms with van der Waals surface area (Å²) in [7, 11) is -1.75. The van der Waals surface area contributed by atoms with Gasteiger partial charge in [-0.2, -0.15) is 4.31 Å². The fourth-order valence-electron chi connectivity index (χ4n) is 3.46. The molecular weight excluding hydrogens is 539 g/mol. The van der Waals surface area contributed by atoms with Gasteiger partial charge in [-0.15, -0.1) is 24.0 Å². The summed E-state index contributed by atoms with van der Waals surface area (Å²) in [5, 5.41) is 6.54. The molecule has 1 heterocycles. The first-order chi connectivity index (χ1) is 15.0. The van der Waals surface area contributed by atoms with E-state index in [9.17, 15) is 8.42 Å². The molecule has 2 aromatic rings. The molecule has 0 saturated carbocycles. The Labute approximate surface area is 208 Å². The average molecular weight is 573 g/mol. The SMILES string of the molecule is CCNC(=NCc1ccc(OC)cc1)NCc1ccc(S(=O)(=O)N2CCCCC2)cc1.I.